The van der Waals surface area contributed by atoms with Gasteiger partial charge in [0, 0.05) is 10.7 Å². The molecule has 2 amide bonds. The molecule has 2 heterocycles. The highest BCUT2D eigenvalue weighted by molar-refractivity contribution is 9.10. The fourth-order valence-corrected chi connectivity index (χ4v) is 3.09. The Morgan fingerprint density at radius 2 is 1.91 bits per heavy atom. The lowest BCUT2D eigenvalue weighted by Gasteiger charge is -2.12. The number of thioether (sulfide) groups is 1. The third-order valence-electron chi connectivity index (χ3n) is 3.09. The number of halogens is 1. The van der Waals surface area contributed by atoms with E-state index in [-0.39, 0.29) is 17.7 Å². The Bertz CT molecular complexity index is 745. The number of nitrogens with zero attached hydrogens (tertiary/aromatic N) is 2. The number of rotatable bonds is 3. The summed E-state index contributed by atoms with van der Waals surface area (Å²) in [5.41, 5.74) is 1.57. The molecule has 1 saturated heterocycles. The summed E-state index contributed by atoms with van der Waals surface area (Å²) in [5.74, 6) is -0.274. The Morgan fingerprint density at radius 3 is 2.59 bits per heavy atom. The molecule has 4 nitrogen and oxygen atoms in total. The summed E-state index contributed by atoms with van der Waals surface area (Å²) >= 11 is 4.31. The fraction of sp³-hybridized carbons (Fsp3) is 0.0625. The van der Waals surface area contributed by atoms with Crippen LogP contribution >= 0.6 is 27.7 Å². The van der Waals surface area contributed by atoms with Gasteiger partial charge >= 0.3 is 0 Å². The molecular formula is C16H11BrN2O2S. The minimum Gasteiger partial charge on any atom is -0.268 e. The molecule has 6 heteroatoms. The number of amides is 2. The molecule has 0 spiro atoms. The third kappa shape index (κ3) is 3.28. The highest BCUT2D eigenvalue weighted by atomic mass is 79.9. The SMILES string of the molecule is O=C1SC(=Cc2ccccn2)C(=O)N1Cc1ccc(Br)cc1. The van der Waals surface area contributed by atoms with E-state index in [1.165, 1.54) is 4.90 Å². The number of imide groups is 1. The van der Waals surface area contributed by atoms with Crippen LogP contribution < -0.4 is 0 Å². The molecule has 0 bridgehead atoms. The van der Waals surface area contributed by atoms with E-state index in [1.54, 1.807) is 24.4 Å². The van der Waals surface area contributed by atoms with E-state index in [9.17, 15) is 9.59 Å². The number of carbonyl (C=O) groups excluding carboxylic acids is 2. The van der Waals surface area contributed by atoms with E-state index in [2.05, 4.69) is 20.9 Å². The van der Waals surface area contributed by atoms with Crippen molar-refractivity contribution in [3.63, 3.8) is 0 Å². The molecule has 0 N–H and O–H groups in total. The van der Waals surface area contributed by atoms with E-state index < -0.39 is 0 Å². The van der Waals surface area contributed by atoms with Crippen molar-refractivity contribution in [2.45, 2.75) is 6.54 Å². The zero-order chi connectivity index (χ0) is 15.5. The molecule has 1 aliphatic heterocycles. The van der Waals surface area contributed by atoms with E-state index in [0.717, 1.165) is 21.8 Å². The van der Waals surface area contributed by atoms with Crippen molar-refractivity contribution in [3.05, 3.63) is 69.3 Å². The standard InChI is InChI=1S/C16H11BrN2O2S/c17-12-6-4-11(5-7-12)10-19-15(20)14(22-16(19)21)9-13-3-1-2-8-18-13/h1-9H,10H2. The van der Waals surface area contributed by atoms with E-state index >= 15 is 0 Å². The van der Waals surface area contributed by atoms with Gasteiger partial charge in [-0.2, -0.15) is 0 Å². The Morgan fingerprint density at radius 1 is 1.14 bits per heavy atom. The largest absolute Gasteiger partial charge is 0.293 e. The van der Waals surface area contributed by atoms with Crippen LogP contribution in [-0.4, -0.2) is 21.0 Å². The quantitative estimate of drug-likeness (QED) is 0.759. The molecule has 22 heavy (non-hydrogen) atoms. The molecule has 2 aromatic rings. The zero-order valence-corrected chi connectivity index (χ0v) is 13.8. The van der Waals surface area contributed by atoms with Gasteiger partial charge in [-0.25, -0.2) is 0 Å². The topological polar surface area (TPSA) is 50.3 Å². The van der Waals surface area contributed by atoms with Gasteiger partial charge in [0.05, 0.1) is 17.1 Å². The summed E-state index contributed by atoms with van der Waals surface area (Å²) in [4.78, 5) is 30.2. The van der Waals surface area contributed by atoms with Gasteiger partial charge in [-0.05, 0) is 47.7 Å². The lowest BCUT2D eigenvalue weighted by Crippen LogP contribution is -2.27. The number of pyridine rings is 1. The Labute approximate surface area is 140 Å². The van der Waals surface area contributed by atoms with Crippen molar-refractivity contribution < 1.29 is 9.59 Å². The van der Waals surface area contributed by atoms with Gasteiger partial charge in [0.25, 0.3) is 11.1 Å². The van der Waals surface area contributed by atoms with Gasteiger partial charge in [-0.3, -0.25) is 19.5 Å². The summed E-state index contributed by atoms with van der Waals surface area (Å²) in [6.45, 7) is 0.275. The second-order valence-electron chi connectivity index (χ2n) is 4.65. The first-order valence-corrected chi connectivity index (χ1v) is 8.15. The van der Waals surface area contributed by atoms with Crippen molar-refractivity contribution in [1.82, 2.24) is 9.88 Å². The molecule has 3 rings (SSSR count). The van der Waals surface area contributed by atoms with Gasteiger partial charge in [-0.1, -0.05) is 34.1 Å². The van der Waals surface area contributed by atoms with Gasteiger partial charge < -0.3 is 0 Å². The Kier molecular flexibility index (Phi) is 4.40. The van der Waals surface area contributed by atoms with Gasteiger partial charge in [0.1, 0.15) is 0 Å². The molecule has 1 aromatic heterocycles. The maximum absolute atomic E-state index is 12.4. The fourth-order valence-electron chi connectivity index (χ4n) is 2.00. The predicted molar refractivity (Wildman–Crippen MR) is 89.9 cm³/mol. The van der Waals surface area contributed by atoms with Gasteiger partial charge in [-0.15, -0.1) is 0 Å². The smallest absolute Gasteiger partial charge is 0.268 e. The van der Waals surface area contributed by atoms with Crippen LogP contribution in [0.25, 0.3) is 6.08 Å². The monoisotopic (exact) mass is 374 g/mol. The van der Waals surface area contributed by atoms with E-state index in [4.69, 9.17) is 0 Å². The molecular weight excluding hydrogens is 364 g/mol. The number of aromatic nitrogens is 1. The van der Waals surface area contributed by atoms with Crippen molar-refractivity contribution in [2.24, 2.45) is 0 Å². The van der Waals surface area contributed by atoms with E-state index in [1.807, 2.05) is 30.3 Å². The summed E-state index contributed by atoms with van der Waals surface area (Å²) in [6.07, 6.45) is 3.30. The molecule has 1 aromatic carbocycles. The first-order valence-electron chi connectivity index (χ1n) is 6.54. The first-order chi connectivity index (χ1) is 10.6. The molecule has 0 atom stereocenters. The number of carbonyl (C=O) groups is 2. The van der Waals surface area contributed by atoms with Crippen molar-refractivity contribution in [2.75, 3.05) is 0 Å². The van der Waals surface area contributed by atoms with Gasteiger partial charge in [0.2, 0.25) is 0 Å². The third-order valence-corrected chi connectivity index (χ3v) is 4.53. The second-order valence-corrected chi connectivity index (χ2v) is 6.56. The summed E-state index contributed by atoms with van der Waals surface area (Å²) in [7, 11) is 0. The average molecular weight is 375 g/mol. The van der Waals surface area contributed by atoms with E-state index in [0.29, 0.717) is 10.6 Å². The number of hydrogen-bond acceptors (Lipinski definition) is 4. The summed E-state index contributed by atoms with van der Waals surface area (Å²) < 4.78 is 0.959. The minimum absolute atomic E-state index is 0.255. The van der Waals surface area contributed by atoms with Crippen molar-refractivity contribution >= 4 is 44.9 Å². The predicted octanol–water partition coefficient (Wildman–Crippen LogP) is 4.08. The molecule has 0 aliphatic carbocycles. The van der Waals surface area contributed by atoms with Crippen LogP contribution in [0, 0.1) is 0 Å². The van der Waals surface area contributed by atoms with Gasteiger partial charge in [0.15, 0.2) is 0 Å². The minimum atomic E-state index is -0.274. The Balaban J connectivity index is 1.80. The molecule has 0 saturated carbocycles. The van der Waals surface area contributed by atoms with Crippen molar-refractivity contribution in [1.29, 1.82) is 0 Å². The highest BCUT2D eigenvalue weighted by Gasteiger charge is 2.35. The summed E-state index contributed by atoms with van der Waals surface area (Å²) in [6, 6.07) is 13.0. The number of benzene rings is 1. The van der Waals surface area contributed by atoms with Crippen molar-refractivity contribution in [3.8, 4) is 0 Å². The van der Waals surface area contributed by atoms with Crippen LogP contribution in [0.4, 0.5) is 4.79 Å². The second kappa shape index (κ2) is 6.46. The average Bonchev–Trinajstić information content (AvgIpc) is 2.78. The normalized spacial score (nSPS) is 16.6. The molecule has 0 unspecified atom stereocenters. The van der Waals surface area contributed by atoms with Crippen LogP contribution in [0.1, 0.15) is 11.3 Å². The maximum Gasteiger partial charge on any atom is 0.293 e. The van der Waals surface area contributed by atoms with Crippen LogP contribution in [-0.2, 0) is 11.3 Å². The lowest BCUT2D eigenvalue weighted by molar-refractivity contribution is -0.123. The molecule has 1 fully saturated rings. The van der Waals surface area contributed by atoms with Crippen LogP contribution in [0.15, 0.2) is 58.0 Å². The molecule has 110 valence electrons. The molecule has 0 radical (unpaired) electrons. The first kappa shape index (κ1) is 15.0. The van der Waals surface area contributed by atoms with Crippen LogP contribution in [0.2, 0.25) is 0 Å². The summed E-state index contributed by atoms with van der Waals surface area (Å²) in [5, 5.41) is -0.255. The van der Waals surface area contributed by atoms with Crippen LogP contribution in [0.3, 0.4) is 0 Å². The zero-order valence-electron chi connectivity index (χ0n) is 11.4. The van der Waals surface area contributed by atoms with Crippen LogP contribution in [0.5, 0.6) is 0 Å². The highest BCUT2D eigenvalue weighted by Crippen LogP contribution is 2.33. The lowest BCUT2D eigenvalue weighted by atomic mass is 10.2. The maximum atomic E-state index is 12.4. The molecule has 1 aliphatic rings. The number of hydrogen-bond donors (Lipinski definition) is 0. The Hall–Kier alpha value is -1.92.